The summed E-state index contributed by atoms with van der Waals surface area (Å²) in [6, 6.07) is 8.72. The van der Waals surface area contributed by atoms with Gasteiger partial charge in [-0.25, -0.2) is 12.8 Å². The first-order valence-corrected chi connectivity index (χ1v) is 12.6. The largest absolute Gasteiger partial charge is 0.323 e. The Morgan fingerprint density at radius 1 is 1.18 bits per heavy atom. The Labute approximate surface area is 197 Å². The molecule has 33 heavy (non-hydrogen) atoms. The molecule has 2 heterocycles. The maximum atomic E-state index is 14.0. The molecule has 2 atom stereocenters. The van der Waals surface area contributed by atoms with Crippen LogP contribution in [0.5, 0.6) is 0 Å². The normalized spacial score (nSPS) is 21.0. The topological polar surface area (TPSA) is 86.8 Å². The van der Waals surface area contributed by atoms with E-state index >= 15 is 0 Å². The van der Waals surface area contributed by atoms with Crippen LogP contribution in [-0.4, -0.2) is 43.7 Å². The van der Waals surface area contributed by atoms with E-state index in [1.807, 2.05) is 6.92 Å². The summed E-state index contributed by atoms with van der Waals surface area (Å²) in [4.78, 5) is 26.5. The Morgan fingerprint density at radius 2 is 1.94 bits per heavy atom. The van der Waals surface area contributed by atoms with E-state index in [0.29, 0.717) is 25.8 Å². The van der Waals surface area contributed by atoms with E-state index in [4.69, 9.17) is 11.6 Å². The first-order valence-electron chi connectivity index (χ1n) is 10.8. The molecule has 7 nitrogen and oxygen atoms in total. The molecule has 0 aliphatic carbocycles. The summed E-state index contributed by atoms with van der Waals surface area (Å²) >= 11 is 5.75. The van der Waals surface area contributed by atoms with Gasteiger partial charge in [0.25, 0.3) is 0 Å². The summed E-state index contributed by atoms with van der Waals surface area (Å²) in [7, 11) is -3.83. The number of sulfonamides is 1. The van der Waals surface area contributed by atoms with E-state index in [1.54, 1.807) is 17.0 Å². The third-order valence-corrected chi connectivity index (χ3v) is 8.28. The van der Waals surface area contributed by atoms with E-state index in [-0.39, 0.29) is 34.1 Å². The zero-order valence-corrected chi connectivity index (χ0v) is 19.9. The van der Waals surface area contributed by atoms with Gasteiger partial charge in [-0.15, -0.1) is 0 Å². The molecule has 176 valence electrons. The molecular weight excluding hydrogens is 469 g/mol. The summed E-state index contributed by atoms with van der Waals surface area (Å²) in [5.74, 6) is -1.77. The van der Waals surface area contributed by atoms with Crippen molar-refractivity contribution >= 4 is 44.8 Å². The number of amides is 2. The number of nitrogens with zero attached hydrogens (tertiary/aromatic N) is 2. The maximum absolute atomic E-state index is 14.0. The van der Waals surface area contributed by atoms with E-state index in [2.05, 4.69) is 5.32 Å². The summed E-state index contributed by atoms with van der Waals surface area (Å²) < 4.78 is 42.0. The highest BCUT2D eigenvalue weighted by atomic mass is 35.5. The van der Waals surface area contributed by atoms with E-state index in [9.17, 15) is 22.4 Å². The van der Waals surface area contributed by atoms with Crippen molar-refractivity contribution < 1.29 is 22.4 Å². The molecule has 2 aliphatic heterocycles. The lowest BCUT2D eigenvalue weighted by atomic mass is 9.98. The number of piperidine rings is 1. The molecule has 0 bridgehead atoms. The van der Waals surface area contributed by atoms with Gasteiger partial charge in [-0.05, 0) is 68.1 Å². The number of fused-ring (bicyclic) bond motifs is 1. The number of carbonyl (C=O) groups is 2. The van der Waals surface area contributed by atoms with Gasteiger partial charge in [-0.2, -0.15) is 4.31 Å². The lowest BCUT2D eigenvalue weighted by Gasteiger charge is -2.31. The second-order valence-corrected chi connectivity index (χ2v) is 10.9. The van der Waals surface area contributed by atoms with Gasteiger partial charge in [-0.3, -0.25) is 9.59 Å². The van der Waals surface area contributed by atoms with Crippen LogP contribution < -0.4 is 10.2 Å². The van der Waals surface area contributed by atoms with Gasteiger partial charge in [0.05, 0.1) is 16.5 Å². The number of anilines is 2. The third-order valence-electron chi connectivity index (χ3n) is 6.19. The molecule has 0 radical (unpaired) electrons. The molecular formula is C23H25ClFN3O4S. The van der Waals surface area contributed by atoms with Crippen molar-refractivity contribution in [3.8, 4) is 0 Å². The van der Waals surface area contributed by atoms with Crippen LogP contribution >= 0.6 is 11.6 Å². The van der Waals surface area contributed by atoms with Crippen LogP contribution in [0.25, 0.3) is 0 Å². The zero-order chi connectivity index (χ0) is 23.9. The molecule has 2 amide bonds. The molecule has 2 unspecified atom stereocenters. The van der Waals surface area contributed by atoms with Gasteiger partial charge in [0.15, 0.2) is 0 Å². The predicted molar refractivity (Wildman–Crippen MR) is 124 cm³/mol. The van der Waals surface area contributed by atoms with Crippen LogP contribution in [0.1, 0.15) is 32.3 Å². The molecule has 1 N–H and O–H groups in total. The van der Waals surface area contributed by atoms with Crippen molar-refractivity contribution in [2.75, 3.05) is 23.3 Å². The number of halogens is 2. The Morgan fingerprint density at radius 3 is 2.64 bits per heavy atom. The average molecular weight is 494 g/mol. The SMILES string of the molecule is CC(=O)N1c2ccc(S(=O)(=O)N3CCCC(C(=O)Nc4ccc(Cl)cc4F)C3)cc2CC1C. The maximum Gasteiger partial charge on any atom is 0.243 e. The molecule has 0 aromatic heterocycles. The molecule has 1 saturated heterocycles. The Hall–Kier alpha value is -2.49. The second kappa shape index (κ2) is 9.04. The quantitative estimate of drug-likeness (QED) is 0.701. The molecule has 0 saturated carbocycles. The summed E-state index contributed by atoms with van der Waals surface area (Å²) in [6.45, 7) is 3.73. The number of carbonyl (C=O) groups excluding carboxylic acids is 2. The van der Waals surface area contributed by atoms with Crippen LogP contribution in [0.4, 0.5) is 15.8 Å². The molecule has 2 aromatic rings. The zero-order valence-electron chi connectivity index (χ0n) is 18.3. The smallest absolute Gasteiger partial charge is 0.243 e. The third kappa shape index (κ3) is 4.62. The number of hydrogen-bond acceptors (Lipinski definition) is 4. The molecule has 4 rings (SSSR count). The van der Waals surface area contributed by atoms with Gasteiger partial charge in [-0.1, -0.05) is 11.6 Å². The fourth-order valence-electron chi connectivity index (χ4n) is 4.60. The first kappa shape index (κ1) is 23.7. The number of hydrogen-bond donors (Lipinski definition) is 1. The fourth-order valence-corrected chi connectivity index (χ4v) is 6.33. The predicted octanol–water partition coefficient (Wildman–Crippen LogP) is 3.82. The van der Waals surface area contributed by atoms with Crippen LogP contribution in [0.2, 0.25) is 5.02 Å². The lowest BCUT2D eigenvalue weighted by Crippen LogP contribution is -2.43. The van der Waals surface area contributed by atoms with E-state index in [0.717, 1.165) is 17.3 Å². The number of benzene rings is 2. The van der Waals surface area contributed by atoms with Crippen molar-refractivity contribution in [2.45, 2.75) is 44.0 Å². The van der Waals surface area contributed by atoms with Gasteiger partial charge >= 0.3 is 0 Å². The molecule has 2 aliphatic rings. The highest BCUT2D eigenvalue weighted by Gasteiger charge is 2.35. The van der Waals surface area contributed by atoms with Crippen molar-refractivity contribution in [1.29, 1.82) is 0 Å². The van der Waals surface area contributed by atoms with Gasteiger partial charge in [0.1, 0.15) is 5.82 Å². The number of rotatable bonds is 4. The van der Waals surface area contributed by atoms with Crippen LogP contribution in [0, 0.1) is 11.7 Å². The van der Waals surface area contributed by atoms with E-state index < -0.39 is 27.7 Å². The van der Waals surface area contributed by atoms with Crippen molar-refractivity contribution in [2.24, 2.45) is 5.92 Å². The fraction of sp³-hybridized carbons (Fsp3) is 0.391. The van der Waals surface area contributed by atoms with Crippen LogP contribution in [-0.2, 0) is 26.0 Å². The average Bonchev–Trinajstić information content (AvgIpc) is 3.10. The van der Waals surface area contributed by atoms with Gasteiger partial charge < -0.3 is 10.2 Å². The van der Waals surface area contributed by atoms with Gasteiger partial charge in [0, 0.05) is 36.8 Å². The Kier molecular flexibility index (Phi) is 6.48. The Bertz CT molecular complexity index is 1220. The molecule has 2 aromatic carbocycles. The minimum absolute atomic E-state index is 0.00662. The molecule has 10 heteroatoms. The van der Waals surface area contributed by atoms with Crippen LogP contribution in [0.15, 0.2) is 41.3 Å². The summed E-state index contributed by atoms with van der Waals surface area (Å²) in [5.41, 5.74) is 1.55. The summed E-state index contributed by atoms with van der Waals surface area (Å²) in [5, 5.41) is 2.76. The lowest BCUT2D eigenvalue weighted by molar-refractivity contribution is -0.121. The second-order valence-electron chi connectivity index (χ2n) is 8.55. The van der Waals surface area contributed by atoms with Crippen molar-refractivity contribution in [3.05, 3.63) is 52.8 Å². The standard InChI is InChI=1S/C23H25ClFN3O4S/c1-14-10-17-11-19(6-8-22(17)28(14)15(2)29)33(31,32)27-9-3-4-16(13-27)23(30)26-21-7-5-18(24)12-20(21)25/h5-8,11-12,14,16H,3-4,9-10,13H2,1-2H3,(H,26,30). The minimum Gasteiger partial charge on any atom is -0.323 e. The highest BCUT2D eigenvalue weighted by Crippen LogP contribution is 2.35. The van der Waals surface area contributed by atoms with Gasteiger partial charge in [0.2, 0.25) is 21.8 Å². The minimum atomic E-state index is -3.83. The highest BCUT2D eigenvalue weighted by molar-refractivity contribution is 7.89. The molecule has 1 fully saturated rings. The van der Waals surface area contributed by atoms with Crippen molar-refractivity contribution in [1.82, 2.24) is 4.31 Å². The Balaban J connectivity index is 1.51. The first-order chi connectivity index (χ1) is 15.6. The van der Waals surface area contributed by atoms with Crippen molar-refractivity contribution in [3.63, 3.8) is 0 Å². The summed E-state index contributed by atoms with van der Waals surface area (Å²) in [6.07, 6.45) is 1.60. The van der Waals surface area contributed by atoms with E-state index in [1.165, 1.54) is 29.4 Å². The number of nitrogens with one attached hydrogen (secondary N) is 1. The molecule has 0 spiro atoms. The monoisotopic (exact) mass is 493 g/mol. The van der Waals surface area contributed by atoms with Crippen LogP contribution in [0.3, 0.4) is 0 Å².